The SMILES string of the molecule is CCCCC1=CC(C)N(C)C1c1ccccc1. The first-order valence-corrected chi connectivity index (χ1v) is 6.71. The second-order valence-corrected chi connectivity index (χ2v) is 5.06. The smallest absolute Gasteiger partial charge is 0.0564 e. The van der Waals surface area contributed by atoms with Crippen LogP contribution in [0, 0.1) is 0 Å². The summed E-state index contributed by atoms with van der Waals surface area (Å²) in [4.78, 5) is 2.47. The van der Waals surface area contributed by atoms with Crippen molar-refractivity contribution in [3.05, 3.63) is 47.5 Å². The molecule has 0 aromatic heterocycles. The highest BCUT2D eigenvalue weighted by Gasteiger charge is 2.29. The standard InChI is InChI=1S/C16H23N/c1-4-5-9-15-12-13(2)17(3)16(15)14-10-7-6-8-11-14/h6-8,10-13,16H,4-5,9H2,1-3H3. The molecule has 1 heterocycles. The summed E-state index contributed by atoms with van der Waals surface area (Å²) < 4.78 is 0. The minimum Gasteiger partial charge on any atom is -0.290 e. The molecular formula is C16H23N. The third-order valence-corrected chi connectivity index (χ3v) is 3.79. The Kier molecular flexibility index (Phi) is 4.01. The second-order valence-electron chi connectivity index (χ2n) is 5.06. The molecule has 0 saturated heterocycles. The molecule has 1 aliphatic rings. The van der Waals surface area contributed by atoms with Crippen LogP contribution in [0.15, 0.2) is 42.0 Å². The van der Waals surface area contributed by atoms with Gasteiger partial charge in [-0.3, -0.25) is 4.90 Å². The highest BCUT2D eigenvalue weighted by Crippen LogP contribution is 2.37. The van der Waals surface area contributed by atoms with Crippen LogP contribution in [0.1, 0.15) is 44.7 Å². The van der Waals surface area contributed by atoms with Gasteiger partial charge in [-0.05, 0) is 32.4 Å². The first kappa shape index (κ1) is 12.4. The van der Waals surface area contributed by atoms with E-state index in [1.54, 1.807) is 5.57 Å². The van der Waals surface area contributed by atoms with Crippen LogP contribution in [-0.4, -0.2) is 18.0 Å². The van der Waals surface area contributed by atoms with Crippen molar-refractivity contribution in [3.8, 4) is 0 Å². The maximum absolute atomic E-state index is 2.47. The molecule has 1 nitrogen and oxygen atoms in total. The van der Waals surface area contributed by atoms with E-state index in [4.69, 9.17) is 0 Å². The molecule has 1 heteroatoms. The fourth-order valence-corrected chi connectivity index (χ4v) is 2.70. The van der Waals surface area contributed by atoms with Gasteiger partial charge in [0.15, 0.2) is 0 Å². The topological polar surface area (TPSA) is 3.24 Å². The molecule has 0 aliphatic carbocycles. The van der Waals surface area contributed by atoms with Crippen LogP contribution in [0.3, 0.4) is 0 Å². The average Bonchev–Trinajstić information content (AvgIpc) is 2.64. The van der Waals surface area contributed by atoms with Crippen molar-refractivity contribution in [1.29, 1.82) is 0 Å². The van der Waals surface area contributed by atoms with Gasteiger partial charge in [-0.25, -0.2) is 0 Å². The zero-order chi connectivity index (χ0) is 12.3. The van der Waals surface area contributed by atoms with Crippen LogP contribution in [-0.2, 0) is 0 Å². The van der Waals surface area contributed by atoms with Gasteiger partial charge in [0, 0.05) is 6.04 Å². The van der Waals surface area contributed by atoms with E-state index < -0.39 is 0 Å². The van der Waals surface area contributed by atoms with Crippen LogP contribution in [0.2, 0.25) is 0 Å². The summed E-state index contributed by atoms with van der Waals surface area (Å²) in [6.07, 6.45) is 6.27. The van der Waals surface area contributed by atoms with Gasteiger partial charge in [-0.1, -0.05) is 55.3 Å². The van der Waals surface area contributed by atoms with Gasteiger partial charge in [0.2, 0.25) is 0 Å². The molecule has 2 unspecified atom stereocenters. The lowest BCUT2D eigenvalue weighted by atomic mass is 9.96. The third-order valence-electron chi connectivity index (χ3n) is 3.79. The van der Waals surface area contributed by atoms with E-state index in [1.807, 2.05) is 0 Å². The van der Waals surface area contributed by atoms with Crippen molar-refractivity contribution in [1.82, 2.24) is 4.90 Å². The molecule has 0 radical (unpaired) electrons. The Morgan fingerprint density at radius 3 is 2.53 bits per heavy atom. The lowest BCUT2D eigenvalue weighted by Crippen LogP contribution is -2.26. The molecule has 0 spiro atoms. The highest BCUT2D eigenvalue weighted by molar-refractivity contribution is 5.32. The van der Waals surface area contributed by atoms with Crippen LogP contribution in [0.4, 0.5) is 0 Å². The molecule has 2 atom stereocenters. The van der Waals surface area contributed by atoms with Crippen molar-refractivity contribution in [2.75, 3.05) is 7.05 Å². The molecule has 1 aliphatic heterocycles. The Balaban J connectivity index is 2.21. The maximum atomic E-state index is 2.47. The normalized spacial score (nSPS) is 25.0. The second kappa shape index (κ2) is 5.50. The van der Waals surface area contributed by atoms with E-state index in [-0.39, 0.29) is 0 Å². The average molecular weight is 229 g/mol. The number of likely N-dealkylation sites (N-methyl/N-ethyl adjacent to an activating group) is 1. The van der Waals surface area contributed by atoms with Gasteiger partial charge in [-0.15, -0.1) is 0 Å². The molecule has 1 aromatic rings. The van der Waals surface area contributed by atoms with Crippen LogP contribution < -0.4 is 0 Å². The minimum absolute atomic E-state index is 0.498. The van der Waals surface area contributed by atoms with Gasteiger partial charge < -0.3 is 0 Å². The van der Waals surface area contributed by atoms with Gasteiger partial charge in [0.25, 0.3) is 0 Å². The number of unbranched alkanes of at least 4 members (excludes halogenated alkanes) is 1. The van der Waals surface area contributed by atoms with E-state index >= 15 is 0 Å². The molecule has 0 N–H and O–H groups in total. The fourth-order valence-electron chi connectivity index (χ4n) is 2.70. The van der Waals surface area contributed by atoms with Gasteiger partial charge in [-0.2, -0.15) is 0 Å². The molecular weight excluding hydrogens is 206 g/mol. The van der Waals surface area contributed by atoms with Gasteiger partial charge in [0.1, 0.15) is 0 Å². The van der Waals surface area contributed by atoms with E-state index in [9.17, 15) is 0 Å². The molecule has 2 rings (SSSR count). The Morgan fingerprint density at radius 1 is 1.18 bits per heavy atom. The van der Waals surface area contributed by atoms with Crippen LogP contribution in [0.5, 0.6) is 0 Å². The summed E-state index contributed by atoms with van der Waals surface area (Å²) in [6, 6.07) is 11.9. The van der Waals surface area contributed by atoms with Crippen LogP contribution >= 0.6 is 0 Å². The molecule has 17 heavy (non-hydrogen) atoms. The molecule has 1 aromatic carbocycles. The Bertz CT molecular complexity index is 380. The van der Waals surface area contributed by atoms with Crippen molar-refractivity contribution in [2.45, 2.75) is 45.2 Å². The number of hydrogen-bond acceptors (Lipinski definition) is 1. The Hall–Kier alpha value is -1.08. The summed E-state index contributed by atoms with van der Waals surface area (Å²) >= 11 is 0. The molecule has 0 fully saturated rings. The lowest BCUT2D eigenvalue weighted by molar-refractivity contribution is 0.266. The first-order chi connectivity index (χ1) is 8.24. The molecule has 92 valence electrons. The van der Waals surface area contributed by atoms with E-state index in [1.165, 1.54) is 24.8 Å². The zero-order valence-corrected chi connectivity index (χ0v) is 11.2. The molecule has 0 amide bonds. The summed E-state index contributed by atoms with van der Waals surface area (Å²) in [5.41, 5.74) is 3.04. The Morgan fingerprint density at radius 2 is 1.88 bits per heavy atom. The lowest BCUT2D eigenvalue weighted by Gasteiger charge is -2.26. The van der Waals surface area contributed by atoms with Gasteiger partial charge in [0.05, 0.1) is 6.04 Å². The first-order valence-electron chi connectivity index (χ1n) is 6.71. The fraction of sp³-hybridized carbons (Fsp3) is 0.500. The van der Waals surface area contributed by atoms with Crippen molar-refractivity contribution >= 4 is 0 Å². The summed E-state index contributed by atoms with van der Waals surface area (Å²) in [7, 11) is 2.23. The number of nitrogens with zero attached hydrogens (tertiary/aromatic N) is 1. The van der Waals surface area contributed by atoms with Crippen molar-refractivity contribution in [2.24, 2.45) is 0 Å². The van der Waals surface area contributed by atoms with Gasteiger partial charge >= 0.3 is 0 Å². The zero-order valence-electron chi connectivity index (χ0n) is 11.2. The Labute approximate surface area is 105 Å². The number of rotatable bonds is 4. The van der Waals surface area contributed by atoms with E-state index in [2.05, 4.69) is 62.2 Å². The predicted molar refractivity (Wildman–Crippen MR) is 74.0 cm³/mol. The summed E-state index contributed by atoms with van der Waals surface area (Å²) in [5, 5.41) is 0. The monoisotopic (exact) mass is 229 g/mol. The van der Waals surface area contributed by atoms with Crippen molar-refractivity contribution in [3.63, 3.8) is 0 Å². The predicted octanol–water partition coefficient (Wildman–Crippen LogP) is 4.18. The number of benzene rings is 1. The van der Waals surface area contributed by atoms with E-state index in [0.29, 0.717) is 12.1 Å². The minimum atomic E-state index is 0.498. The summed E-state index contributed by atoms with van der Waals surface area (Å²) in [6.45, 7) is 4.55. The quantitative estimate of drug-likeness (QED) is 0.700. The maximum Gasteiger partial charge on any atom is 0.0564 e. The molecule has 0 saturated carbocycles. The van der Waals surface area contributed by atoms with Crippen molar-refractivity contribution < 1.29 is 0 Å². The third kappa shape index (κ3) is 2.61. The molecule has 0 bridgehead atoms. The largest absolute Gasteiger partial charge is 0.290 e. The number of hydrogen-bond donors (Lipinski definition) is 0. The van der Waals surface area contributed by atoms with Crippen LogP contribution in [0.25, 0.3) is 0 Å². The highest BCUT2D eigenvalue weighted by atomic mass is 15.2. The summed E-state index contributed by atoms with van der Waals surface area (Å²) in [5.74, 6) is 0. The van der Waals surface area contributed by atoms with E-state index in [0.717, 1.165) is 0 Å².